The number of aromatic amines is 1. The van der Waals surface area contributed by atoms with Crippen LogP contribution in [0.4, 0.5) is 0 Å². The van der Waals surface area contributed by atoms with Crippen molar-refractivity contribution in [1.29, 1.82) is 0 Å². The molecule has 0 spiro atoms. The van der Waals surface area contributed by atoms with E-state index >= 15 is 0 Å². The van der Waals surface area contributed by atoms with Crippen molar-refractivity contribution in [2.45, 2.75) is 23.5 Å². The van der Waals surface area contributed by atoms with Crippen LogP contribution in [-0.2, 0) is 9.53 Å². The van der Waals surface area contributed by atoms with E-state index in [0.29, 0.717) is 4.57 Å². The van der Waals surface area contributed by atoms with Crippen molar-refractivity contribution in [1.82, 2.24) is 9.55 Å². The van der Waals surface area contributed by atoms with E-state index in [1.165, 1.54) is 0 Å². The second-order valence-electron chi connectivity index (χ2n) is 4.90. The zero-order valence-electron chi connectivity index (χ0n) is 11.2. The van der Waals surface area contributed by atoms with Crippen molar-refractivity contribution in [2.24, 2.45) is 5.73 Å². The number of hydrogen-bond donors (Lipinski definition) is 6. The average Bonchev–Trinajstić information content (AvgIpc) is 2.70. The van der Waals surface area contributed by atoms with Gasteiger partial charge < -0.3 is 30.9 Å². The fraction of sp³-hybridized carbons (Fsp3) is 0.545. The fourth-order valence-corrected chi connectivity index (χ4v) is 2.43. The second-order valence-corrected chi connectivity index (χ2v) is 4.90. The van der Waals surface area contributed by atoms with Gasteiger partial charge in [-0.15, -0.1) is 0 Å². The van der Waals surface area contributed by atoms with E-state index < -0.39 is 53.9 Å². The molecule has 0 aliphatic carbocycles. The summed E-state index contributed by atoms with van der Waals surface area (Å²) in [5, 5.41) is 39.3. The Morgan fingerprint density at radius 3 is 2.45 bits per heavy atom. The Morgan fingerprint density at radius 2 is 2.05 bits per heavy atom. The highest BCUT2D eigenvalue weighted by Crippen LogP contribution is 2.43. The number of amides is 1. The number of aliphatic hydroxyl groups is 4. The molecule has 1 saturated heterocycles. The van der Waals surface area contributed by atoms with Gasteiger partial charge in [0.05, 0.1) is 13.2 Å². The van der Waals surface area contributed by atoms with Crippen molar-refractivity contribution in [3.05, 3.63) is 33.1 Å². The van der Waals surface area contributed by atoms with Crippen LogP contribution in [0, 0.1) is 0 Å². The molecule has 22 heavy (non-hydrogen) atoms. The number of carbonyl (C=O) groups excluding carboxylic acids is 1. The molecule has 1 fully saturated rings. The smallest absolute Gasteiger partial charge is 0.330 e. The third kappa shape index (κ3) is 1.99. The van der Waals surface area contributed by atoms with Crippen molar-refractivity contribution in [2.75, 3.05) is 13.2 Å². The van der Waals surface area contributed by atoms with Crippen LogP contribution in [0.3, 0.4) is 0 Å². The number of aromatic nitrogens is 2. The minimum absolute atomic E-state index is 0.688. The molecule has 0 bridgehead atoms. The summed E-state index contributed by atoms with van der Waals surface area (Å²) in [5.41, 5.74) is -1.77. The molecule has 0 aromatic carbocycles. The third-order valence-corrected chi connectivity index (χ3v) is 3.77. The number of hydrogen-bond acceptors (Lipinski definition) is 8. The maximum absolute atomic E-state index is 11.7. The molecule has 1 amide bonds. The number of aliphatic hydroxyl groups excluding tert-OH is 3. The van der Waals surface area contributed by atoms with Gasteiger partial charge in [-0.2, -0.15) is 0 Å². The van der Waals surface area contributed by atoms with Crippen molar-refractivity contribution in [3.63, 3.8) is 0 Å². The monoisotopic (exact) mass is 317 g/mol. The zero-order chi connectivity index (χ0) is 16.7. The minimum atomic E-state index is -2.65. The molecule has 0 saturated carbocycles. The van der Waals surface area contributed by atoms with Gasteiger partial charge in [0.2, 0.25) is 5.60 Å². The molecule has 122 valence electrons. The van der Waals surface area contributed by atoms with E-state index in [0.717, 1.165) is 12.3 Å². The van der Waals surface area contributed by atoms with Crippen LogP contribution in [0.5, 0.6) is 0 Å². The number of nitrogens with one attached hydrogen (secondary N) is 1. The molecular formula is C11H15N3O8. The minimum Gasteiger partial charge on any atom is -0.393 e. The topological polar surface area (TPSA) is 188 Å². The summed E-state index contributed by atoms with van der Waals surface area (Å²) in [5.74, 6) is -1.34. The molecule has 1 aliphatic heterocycles. The molecular weight excluding hydrogens is 302 g/mol. The highest BCUT2D eigenvalue weighted by atomic mass is 16.6. The van der Waals surface area contributed by atoms with Crippen molar-refractivity contribution in [3.8, 4) is 0 Å². The fourth-order valence-electron chi connectivity index (χ4n) is 2.43. The van der Waals surface area contributed by atoms with Gasteiger partial charge in [-0.05, 0) is 0 Å². The second kappa shape index (κ2) is 5.30. The number of nitrogens with two attached hydrogens (primary N) is 1. The maximum atomic E-state index is 11.7. The average molecular weight is 317 g/mol. The predicted molar refractivity (Wildman–Crippen MR) is 68.5 cm³/mol. The summed E-state index contributed by atoms with van der Waals surface area (Å²) in [7, 11) is 0. The molecule has 7 N–H and O–H groups in total. The SMILES string of the molecule is NC(=O)[C@]1(CO)O[C@@H](n2ccc(=O)[nH]c2=O)[C@H](O)[C@@]1(O)CO. The van der Waals surface area contributed by atoms with Crippen LogP contribution in [0.15, 0.2) is 21.9 Å². The van der Waals surface area contributed by atoms with E-state index in [4.69, 9.17) is 10.5 Å². The highest BCUT2D eigenvalue weighted by Gasteiger charge is 2.68. The zero-order valence-corrected chi connectivity index (χ0v) is 11.2. The summed E-state index contributed by atoms with van der Waals surface area (Å²) in [6, 6.07) is 0.943. The number of primary amides is 1. The number of carbonyl (C=O) groups is 1. The Balaban J connectivity index is 2.60. The molecule has 11 nitrogen and oxygen atoms in total. The van der Waals surface area contributed by atoms with Gasteiger partial charge in [0.15, 0.2) is 11.8 Å². The lowest BCUT2D eigenvalue weighted by molar-refractivity contribution is -0.190. The lowest BCUT2D eigenvalue weighted by Gasteiger charge is -2.36. The molecule has 11 heteroatoms. The Labute approximate surface area is 122 Å². The van der Waals surface area contributed by atoms with Gasteiger partial charge in [0.25, 0.3) is 11.5 Å². The van der Waals surface area contributed by atoms with E-state index in [2.05, 4.69) is 0 Å². The normalized spacial score (nSPS) is 34.7. The van der Waals surface area contributed by atoms with E-state index in [1.54, 1.807) is 0 Å². The first kappa shape index (κ1) is 16.3. The number of rotatable bonds is 4. The van der Waals surface area contributed by atoms with Crippen molar-refractivity contribution < 1.29 is 30.0 Å². The first-order valence-electron chi connectivity index (χ1n) is 6.15. The number of ether oxygens (including phenoxy) is 1. The molecule has 2 heterocycles. The van der Waals surface area contributed by atoms with Gasteiger partial charge >= 0.3 is 5.69 Å². The van der Waals surface area contributed by atoms with E-state index in [-0.39, 0.29) is 0 Å². The molecule has 1 aliphatic rings. The molecule has 2 rings (SSSR count). The van der Waals surface area contributed by atoms with Crippen LogP contribution in [-0.4, -0.2) is 66.4 Å². The largest absolute Gasteiger partial charge is 0.393 e. The van der Waals surface area contributed by atoms with E-state index in [1.807, 2.05) is 4.98 Å². The Kier molecular flexibility index (Phi) is 3.93. The molecule has 4 atom stereocenters. The van der Waals surface area contributed by atoms with Crippen LogP contribution >= 0.6 is 0 Å². The van der Waals surface area contributed by atoms with Crippen LogP contribution in [0.1, 0.15) is 6.23 Å². The van der Waals surface area contributed by atoms with Gasteiger partial charge in [0, 0.05) is 12.3 Å². The predicted octanol–water partition coefficient (Wildman–Crippen LogP) is -4.63. The van der Waals surface area contributed by atoms with Crippen LogP contribution in [0.25, 0.3) is 0 Å². The summed E-state index contributed by atoms with van der Waals surface area (Å²) in [4.78, 5) is 36.3. The summed E-state index contributed by atoms with van der Waals surface area (Å²) >= 11 is 0. The molecule has 1 aromatic rings. The summed E-state index contributed by atoms with van der Waals surface area (Å²) in [6.07, 6.45) is -2.69. The molecule has 1 aromatic heterocycles. The third-order valence-electron chi connectivity index (χ3n) is 3.77. The first-order chi connectivity index (χ1) is 10.2. The number of H-pyrrole nitrogens is 1. The number of nitrogens with zero attached hydrogens (tertiary/aromatic N) is 1. The standard InChI is InChI=1S/C11H15N3O8/c12-8(19)11(4-16)10(21,3-15)6(18)7(22-11)14-2-1-5(17)13-9(14)20/h1-2,6-7,15-16,18,21H,3-4H2,(H2,12,19)(H,13,17,20)/t6-,7+,10-,11-/m0/s1. The Bertz CT molecular complexity index is 699. The van der Waals surface area contributed by atoms with Gasteiger partial charge in [-0.25, -0.2) is 4.79 Å². The lowest BCUT2D eigenvalue weighted by atomic mass is 9.81. The summed E-state index contributed by atoms with van der Waals surface area (Å²) < 4.78 is 5.83. The quantitative estimate of drug-likeness (QED) is 0.319. The van der Waals surface area contributed by atoms with Gasteiger partial charge in [0.1, 0.15) is 6.10 Å². The lowest BCUT2D eigenvalue weighted by Crippen LogP contribution is -2.66. The Hall–Kier alpha value is -2.05. The molecule has 0 unspecified atom stereocenters. The first-order valence-corrected chi connectivity index (χ1v) is 6.15. The Morgan fingerprint density at radius 1 is 1.41 bits per heavy atom. The maximum Gasteiger partial charge on any atom is 0.330 e. The van der Waals surface area contributed by atoms with Crippen LogP contribution < -0.4 is 17.0 Å². The highest BCUT2D eigenvalue weighted by molar-refractivity contribution is 5.86. The van der Waals surface area contributed by atoms with Crippen molar-refractivity contribution >= 4 is 5.91 Å². The van der Waals surface area contributed by atoms with E-state index in [9.17, 15) is 34.8 Å². The van der Waals surface area contributed by atoms with Gasteiger partial charge in [-0.1, -0.05) is 0 Å². The summed E-state index contributed by atoms with van der Waals surface area (Å²) in [6.45, 7) is -2.32. The van der Waals surface area contributed by atoms with Gasteiger partial charge in [-0.3, -0.25) is 19.1 Å². The molecule has 0 radical (unpaired) electrons. The van der Waals surface area contributed by atoms with Crippen LogP contribution in [0.2, 0.25) is 0 Å².